The van der Waals surface area contributed by atoms with E-state index in [1.54, 1.807) is 25.7 Å². The normalized spacial score (nSPS) is 24.2. The van der Waals surface area contributed by atoms with Crippen molar-refractivity contribution in [1.82, 2.24) is 20.0 Å². The molecule has 0 saturated carbocycles. The predicted octanol–water partition coefficient (Wildman–Crippen LogP) is 4.48. The van der Waals surface area contributed by atoms with Crippen LogP contribution in [0.25, 0.3) is 0 Å². The maximum atomic E-state index is 13.5. The second-order valence-electron chi connectivity index (χ2n) is 12.1. The van der Waals surface area contributed by atoms with Crippen molar-refractivity contribution in [3.63, 3.8) is 0 Å². The highest BCUT2D eigenvalue weighted by Crippen LogP contribution is 2.42. The van der Waals surface area contributed by atoms with Crippen LogP contribution < -0.4 is 5.32 Å². The lowest BCUT2D eigenvalue weighted by Crippen LogP contribution is -2.59. The van der Waals surface area contributed by atoms with Crippen molar-refractivity contribution in [2.45, 2.75) is 95.1 Å². The number of fused-ring (bicyclic) bond motifs is 2. The molecule has 3 amide bonds. The fraction of sp³-hybridized carbons (Fsp3) is 0.643. The minimum absolute atomic E-state index is 0.0436. The fourth-order valence-electron chi connectivity index (χ4n) is 6.01. The summed E-state index contributed by atoms with van der Waals surface area (Å²) in [6.07, 6.45) is -9.59. The van der Waals surface area contributed by atoms with Crippen molar-refractivity contribution in [2.75, 3.05) is 19.6 Å². The summed E-state index contributed by atoms with van der Waals surface area (Å²) in [5.74, 6) is -1.02. The summed E-state index contributed by atoms with van der Waals surface area (Å²) in [6.45, 7) is 6.69. The van der Waals surface area contributed by atoms with Crippen molar-refractivity contribution in [1.29, 1.82) is 5.26 Å². The van der Waals surface area contributed by atoms with Crippen molar-refractivity contribution in [3.8, 4) is 6.07 Å². The quantitative estimate of drug-likeness (QED) is 0.472. The van der Waals surface area contributed by atoms with E-state index in [1.165, 1.54) is 16.7 Å². The van der Waals surface area contributed by atoms with Crippen molar-refractivity contribution >= 4 is 17.9 Å². The number of carbonyl (C=O) groups excluding carboxylic acids is 3. The molecule has 3 fully saturated rings. The van der Waals surface area contributed by atoms with Gasteiger partial charge in [-0.15, -0.1) is 0 Å². The first kappa shape index (κ1) is 32.4. The number of likely N-dealkylation sites (tertiary alicyclic amines) is 3. The standard InChI is InChI=1S/C28H33F6N5O4/c1-15(16-8-17(27(29,30)31)10-18(9-16)28(32,33)34)39-20-11-22(24(39)41)37(13-20)14-21(36-25(42)43-26(2,3)4)23(40)38-7-5-6-19(38)12-35/h8-10,15,19-22H,5-7,11,13-14H2,1-4H3,(H,36,42)/t15-,19-,20?,21-,22+/m0/s1. The Balaban J connectivity index is 1.54. The second kappa shape index (κ2) is 11.5. The summed E-state index contributed by atoms with van der Waals surface area (Å²) in [7, 11) is 0. The highest BCUT2D eigenvalue weighted by molar-refractivity contribution is 5.88. The van der Waals surface area contributed by atoms with E-state index in [9.17, 15) is 46.0 Å². The molecule has 236 valence electrons. The van der Waals surface area contributed by atoms with E-state index in [0.717, 1.165) is 0 Å². The number of nitrogens with one attached hydrogen (secondary N) is 1. The Bertz CT molecular complexity index is 1270. The van der Waals surface area contributed by atoms with Crippen LogP contribution in [0.4, 0.5) is 31.1 Å². The maximum absolute atomic E-state index is 13.5. The van der Waals surface area contributed by atoms with Gasteiger partial charge in [0.05, 0.1) is 29.3 Å². The average Bonchev–Trinajstić information content (AvgIpc) is 3.59. The van der Waals surface area contributed by atoms with E-state index in [2.05, 4.69) is 11.4 Å². The Morgan fingerprint density at radius 1 is 1.09 bits per heavy atom. The molecule has 1 aromatic rings. The van der Waals surface area contributed by atoms with Gasteiger partial charge in [0.25, 0.3) is 0 Å². The van der Waals surface area contributed by atoms with Crippen LogP contribution in [-0.4, -0.2) is 82.0 Å². The summed E-state index contributed by atoms with van der Waals surface area (Å²) in [6, 6.07) is -0.915. The minimum atomic E-state index is -5.02. The largest absolute Gasteiger partial charge is 0.444 e. The van der Waals surface area contributed by atoms with Gasteiger partial charge in [-0.3, -0.25) is 14.5 Å². The molecule has 1 unspecified atom stereocenters. The zero-order chi connectivity index (χ0) is 32.1. The first-order valence-corrected chi connectivity index (χ1v) is 13.9. The van der Waals surface area contributed by atoms with Gasteiger partial charge in [0, 0.05) is 25.7 Å². The van der Waals surface area contributed by atoms with Crippen LogP contribution in [-0.2, 0) is 26.7 Å². The Morgan fingerprint density at radius 3 is 2.21 bits per heavy atom. The number of piperazine rings is 1. The van der Waals surface area contributed by atoms with Crippen LogP contribution >= 0.6 is 0 Å². The third-order valence-electron chi connectivity index (χ3n) is 7.92. The van der Waals surface area contributed by atoms with Crippen molar-refractivity contribution in [3.05, 3.63) is 34.9 Å². The summed E-state index contributed by atoms with van der Waals surface area (Å²) in [5.41, 5.74) is -4.09. The molecule has 0 radical (unpaired) electrons. The predicted molar refractivity (Wildman–Crippen MR) is 139 cm³/mol. The van der Waals surface area contributed by atoms with Crippen molar-refractivity contribution in [2.24, 2.45) is 0 Å². The molecule has 3 heterocycles. The molecular weight excluding hydrogens is 584 g/mol. The second-order valence-corrected chi connectivity index (χ2v) is 12.1. The molecular formula is C28H33F6N5O4. The van der Waals surface area contributed by atoms with E-state index in [1.807, 2.05) is 0 Å². The number of benzene rings is 1. The van der Waals surface area contributed by atoms with Gasteiger partial charge in [-0.05, 0) is 70.7 Å². The van der Waals surface area contributed by atoms with E-state index in [0.29, 0.717) is 31.5 Å². The monoisotopic (exact) mass is 617 g/mol. The molecule has 4 rings (SSSR count). The van der Waals surface area contributed by atoms with Crippen LogP contribution in [0.1, 0.15) is 69.7 Å². The Hall–Kier alpha value is -3.54. The van der Waals surface area contributed by atoms with E-state index < -0.39 is 77.2 Å². The third-order valence-corrected chi connectivity index (χ3v) is 7.92. The molecule has 1 N–H and O–H groups in total. The first-order chi connectivity index (χ1) is 19.8. The Kier molecular flexibility index (Phi) is 8.67. The number of hydrogen-bond acceptors (Lipinski definition) is 6. The van der Waals surface area contributed by atoms with Gasteiger partial charge in [0.2, 0.25) is 11.8 Å². The van der Waals surface area contributed by atoms with Gasteiger partial charge in [-0.2, -0.15) is 31.6 Å². The summed E-state index contributed by atoms with van der Waals surface area (Å²) < 4.78 is 85.9. The smallest absolute Gasteiger partial charge is 0.416 e. The van der Waals surface area contributed by atoms with Gasteiger partial charge in [-0.25, -0.2) is 4.79 Å². The SMILES string of the molecule is C[C@@H](c1cc(C(F)(F)F)cc(C(F)(F)F)c1)N1C(=O)[C@H]2CC1CN2C[C@H](NC(=O)OC(C)(C)C)C(=O)N1CCC[C@H]1C#N. The lowest BCUT2D eigenvalue weighted by molar-refractivity contribution is -0.143. The number of amides is 3. The van der Waals surface area contributed by atoms with Gasteiger partial charge in [-0.1, -0.05) is 0 Å². The van der Waals surface area contributed by atoms with Crippen LogP contribution in [0.2, 0.25) is 0 Å². The van der Waals surface area contributed by atoms with E-state index in [4.69, 9.17) is 4.74 Å². The molecule has 3 saturated heterocycles. The lowest BCUT2D eigenvalue weighted by atomic mass is 9.98. The number of alkyl halides is 6. The molecule has 9 nitrogen and oxygen atoms in total. The van der Waals surface area contributed by atoms with E-state index in [-0.39, 0.29) is 31.1 Å². The number of alkyl carbamates (subject to hydrolysis) is 1. The van der Waals surface area contributed by atoms with E-state index >= 15 is 0 Å². The number of hydrogen-bond donors (Lipinski definition) is 1. The van der Waals surface area contributed by atoms with Crippen LogP contribution in [0.5, 0.6) is 0 Å². The number of nitrogens with zero attached hydrogens (tertiary/aromatic N) is 4. The van der Waals surface area contributed by atoms with Gasteiger partial charge < -0.3 is 19.9 Å². The molecule has 0 aliphatic carbocycles. The number of ether oxygens (including phenoxy) is 1. The maximum Gasteiger partial charge on any atom is 0.416 e. The minimum Gasteiger partial charge on any atom is -0.444 e. The summed E-state index contributed by atoms with van der Waals surface area (Å²) in [4.78, 5) is 43.9. The molecule has 0 aromatic heterocycles. The number of rotatable bonds is 6. The average molecular weight is 618 g/mol. The number of carbonyl (C=O) groups is 3. The van der Waals surface area contributed by atoms with Crippen LogP contribution in [0.15, 0.2) is 18.2 Å². The molecule has 0 spiro atoms. The van der Waals surface area contributed by atoms with Gasteiger partial charge >= 0.3 is 18.4 Å². The fourth-order valence-corrected chi connectivity index (χ4v) is 6.01. The molecule has 3 aliphatic rings. The summed E-state index contributed by atoms with van der Waals surface area (Å²) >= 11 is 0. The Morgan fingerprint density at radius 2 is 1.70 bits per heavy atom. The van der Waals surface area contributed by atoms with Crippen LogP contribution in [0, 0.1) is 11.3 Å². The third kappa shape index (κ3) is 7.00. The Labute approximate surface area is 244 Å². The number of halogens is 6. The molecule has 2 bridgehead atoms. The molecule has 5 atom stereocenters. The van der Waals surface area contributed by atoms with Gasteiger partial charge in [0.15, 0.2) is 0 Å². The molecule has 1 aromatic carbocycles. The summed E-state index contributed by atoms with van der Waals surface area (Å²) in [5, 5.41) is 12.0. The zero-order valence-corrected chi connectivity index (χ0v) is 24.1. The highest BCUT2D eigenvalue weighted by atomic mass is 19.4. The van der Waals surface area contributed by atoms with Gasteiger partial charge in [0.1, 0.15) is 17.7 Å². The first-order valence-electron chi connectivity index (χ1n) is 13.9. The highest BCUT2D eigenvalue weighted by Gasteiger charge is 2.52. The molecule has 43 heavy (non-hydrogen) atoms. The van der Waals surface area contributed by atoms with Crippen LogP contribution in [0.3, 0.4) is 0 Å². The number of nitriles is 1. The molecule has 15 heteroatoms. The topological polar surface area (TPSA) is 106 Å². The zero-order valence-electron chi connectivity index (χ0n) is 24.1. The molecule has 3 aliphatic heterocycles. The van der Waals surface area contributed by atoms with Crippen molar-refractivity contribution < 1.29 is 45.5 Å². The lowest BCUT2D eigenvalue weighted by Gasteiger charge is -2.39.